The van der Waals surface area contributed by atoms with E-state index in [1.54, 1.807) is 23.7 Å². The predicted molar refractivity (Wildman–Crippen MR) is 91.3 cm³/mol. The van der Waals surface area contributed by atoms with Gasteiger partial charge in [0, 0.05) is 10.9 Å². The second kappa shape index (κ2) is 6.28. The van der Waals surface area contributed by atoms with Crippen LogP contribution < -0.4 is 11.2 Å². The highest BCUT2D eigenvalue weighted by molar-refractivity contribution is 7.14. The van der Waals surface area contributed by atoms with Crippen molar-refractivity contribution in [2.75, 3.05) is 11.2 Å². The highest BCUT2D eigenvalue weighted by Gasteiger charge is 2.02. The van der Waals surface area contributed by atoms with Crippen molar-refractivity contribution in [2.24, 2.45) is 5.10 Å². The Balaban J connectivity index is 1.70. The van der Waals surface area contributed by atoms with Crippen LogP contribution in [0.2, 0.25) is 0 Å². The molecule has 4 N–H and O–H groups in total. The summed E-state index contributed by atoms with van der Waals surface area (Å²) in [6, 6.07) is 15.0. The van der Waals surface area contributed by atoms with Crippen LogP contribution in [0.3, 0.4) is 0 Å². The molecular weight excluding hydrogens is 296 g/mol. The van der Waals surface area contributed by atoms with Crippen LogP contribution in [0.5, 0.6) is 5.75 Å². The molecule has 0 aliphatic rings. The van der Waals surface area contributed by atoms with E-state index in [9.17, 15) is 5.11 Å². The quantitative estimate of drug-likeness (QED) is 0.508. The molecule has 3 rings (SSSR count). The van der Waals surface area contributed by atoms with Crippen LogP contribution in [0.1, 0.15) is 5.56 Å². The van der Waals surface area contributed by atoms with Crippen molar-refractivity contribution in [3.63, 3.8) is 0 Å². The maximum Gasteiger partial charge on any atom is 0.205 e. The van der Waals surface area contributed by atoms with Crippen molar-refractivity contribution in [1.82, 2.24) is 4.98 Å². The van der Waals surface area contributed by atoms with Crippen LogP contribution in [0.4, 0.5) is 10.9 Å². The predicted octanol–water partition coefficient (Wildman–Crippen LogP) is 3.54. The van der Waals surface area contributed by atoms with Crippen LogP contribution >= 0.6 is 11.3 Å². The Morgan fingerprint density at radius 3 is 2.59 bits per heavy atom. The first-order chi connectivity index (χ1) is 10.7. The first kappa shape index (κ1) is 14.1. The number of nitrogens with one attached hydrogen (secondary N) is 1. The molecule has 6 heteroatoms. The van der Waals surface area contributed by atoms with E-state index >= 15 is 0 Å². The van der Waals surface area contributed by atoms with Gasteiger partial charge in [0.05, 0.1) is 6.21 Å². The highest BCUT2D eigenvalue weighted by Crippen LogP contribution is 2.28. The van der Waals surface area contributed by atoms with Crippen molar-refractivity contribution >= 4 is 28.5 Å². The van der Waals surface area contributed by atoms with Crippen LogP contribution in [0.15, 0.2) is 59.0 Å². The number of phenols is 1. The Bertz CT molecular complexity index is 796. The number of hydrogen-bond donors (Lipinski definition) is 3. The lowest BCUT2D eigenvalue weighted by molar-refractivity contribution is 0.477. The normalized spacial score (nSPS) is 10.9. The molecule has 0 aliphatic carbocycles. The topological polar surface area (TPSA) is 83.5 Å². The molecule has 22 heavy (non-hydrogen) atoms. The minimum atomic E-state index is 0.270. The zero-order valence-corrected chi connectivity index (χ0v) is 12.4. The van der Waals surface area contributed by atoms with Gasteiger partial charge in [0.15, 0.2) is 0 Å². The zero-order valence-electron chi connectivity index (χ0n) is 11.6. The van der Waals surface area contributed by atoms with Crippen LogP contribution in [-0.2, 0) is 0 Å². The largest absolute Gasteiger partial charge is 0.507 e. The van der Waals surface area contributed by atoms with Gasteiger partial charge in [-0.05, 0) is 17.2 Å². The summed E-state index contributed by atoms with van der Waals surface area (Å²) >= 11 is 1.40. The molecule has 0 spiro atoms. The summed E-state index contributed by atoms with van der Waals surface area (Å²) in [6.45, 7) is 0. The lowest BCUT2D eigenvalue weighted by Crippen LogP contribution is -1.91. The minimum absolute atomic E-state index is 0.270. The number of nitrogen functional groups attached to an aromatic ring is 1. The van der Waals surface area contributed by atoms with Crippen molar-refractivity contribution in [2.45, 2.75) is 0 Å². The van der Waals surface area contributed by atoms with Crippen LogP contribution in [0, 0.1) is 0 Å². The molecule has 0 bridgehead atoms. The summed E-state index contributed by atoms with van der Waals surface area (Å²) in [5.41, 5.74) is 11.1. The van der Waals surface area contributed by atoms with Crippen molar-refractivity contribution < 1.29 is 5.11 Å². The molecule has 0 radical (unpaired) electrons. The maximum absolute atomic E-state index is 9.85. The number of anilines is 2. The third-order valence-electron chi connectivity index (χ3n) is 3.02. The van der Waals surface area contributed by atoms with E-state index < -0.39 is 0 Å². The van der Waals surface area contributed by atoms with Gasteiger partial charge in [-0.15, -0.1) is 11.3 Å². The summed E-state index contributed by atoms with van der Waals surface area (Å²) in [6.07, 6.45) is 1.70. The van der Waals surface area contributed by atoms with Gasteiger partial charge in [-0.3, -0.25) is 5.43 Å². The van der Waals surface area contributed by atoms with E-state index in [0.717, 1.165) is 16.7 Å². The summed E-state index contributed by atoms with van der Waals surface area (Å²) in [7, 11) is 0. The van der Waals surface area contributed by atoms with E-state index in [1.165, 1.54) is 11.3 Å². The van der Waals surface area contributed by atoms with E-state index in [4.69, 9.17) is 5.73 Å². The molecule has 0 unspecified atom stereocenters. The molecule has 0 saturated heterocycles. The van der Waals surface area contributed by atoms with Gasteiger partial charge in [-0.1, -0.05) is 42.5 Å². The molecule has 0 aliphatic heterocycles. The average Bonchev–Trinajstić information content (AvgIpc) is 2.94. The molecule has 5 nitrogen and oxygen atoms in total. The molecule has 3 aromatic rings. The Hall–Kier alpha value is -2.86. The summed E-state index contributed by atoms with van der Waals surface area (Å²) in [5, 5.41) is 16.4. The minimum Gasteiger partial charge on any atom is -0.507 e. The fourth-order valence-electron chi connectivity index (χ4n) is 1.97. The van der Waals surface area contributed by atoms with Gasteiger partial charge in [-0.2, -0.15) is 5.10 Å². The number of benzene rings is 2. The number of nitrogens with zero attached hydrogens (tertiary/aromatic N) is 2. The standard InChI is InChI=1S/C16H14N4OS/c17-15-10-22-16(19-15)20-18-9-11-5-7-12(8-6-11)13-3-1-2-4-14(13)21/h1-10,21H,17H2,(H,19,20). The smallest absolute Gasteiger partial charge is 0.205 e. The molecule has 2 aromatic carbocycles. The van der Waals surface area contributed by atoms with Crippen LogP contribution in [0.25, 0.3) is 11.1 Å². The summed E-state index contributed by atoms with van der Waals surface area (Å²) in [4.78, 5) is 4.05. The van der Waals surface area contributed by atoms with Gasteiger partial charge in [0.1, 0.15) is 11.6 Å². The second-order valence-electron chi connectivity index (χ2n) is 4.59. The van der Waals surface area contributed by atoms with Gasteiger partial charge in [-0.25, -0.2) is 4.98 Å². The number of nitrogens with two attached hydrogens (primary N) is 1. The lowest BCUT2D eigenvalue weighted by atomic mass is 10.0. The average molecular weight is 310 g/mol. The highest BCUT2D eigenvalue weighted by atomic mass is 32.1. The Morgan fingerprint density at radius 2 is 1.91 bits per heavy atom. The summed E-state index contributed by atoms with van der Waals surface area (Å²) in [5.74, 6) is 0.752. The van der Waals surface area contributed by atoms with Crippen molar-refractivity contribution in [3.8, 4) is 16.9 Å². The second-order valence-corrected chi connectivity index (χ2v) is 5.44. The number of hydrogen-bond acceptors (Lipinski definition) is 6. The molecular formula is C16H14N4OS. The molecule has 0 atom stereocenters. The van der Waals surface area contributed by atoms with E-state index in [0.29, 0.717) is 10.9 Å². The molecule has 1 aromatic heterocycles. The third kappa shape index (κ3) is 3.24. The number of hydrazone groups is 1. The fourth-order valence-corrected chi connectivity index (χ4v) is 2.51. The number of para-hydroxylation sites is 1. The van der Waals surface area contributed by atoms with E-state index in [1.807, 2.05) is 36.4 Å². The van der Waals surface area contributed by atoms with E-state index in [2.05, 4.69) is 15.5 Å². The molecule has 1 heterocycles. The third-order valence-corrected chi connectivity index (χ3v) is 3.79. The van der Waals surface area contributed by atoms with Crippen LogP contribution in [-0.4, -0.2) is 16.3 Å². The monoisotopic (exact) mass is 310 g/mol. The number of phenolic OH excluding ortho intramolecular Hbond substituents is 1. The van der Waals surface area contributed by atoms with Crippen molar-refractivity contribution in [3.05, 3.63) is 59.5 Å². The lowest BCUT2D eigenvalue weighted by Gasteiger charge is -2.04. The van der Waals surface area contributed by atoms with Crippen molar-refractivity contribution in [1.29, 1.82) is 0 Å². The zero-order chi connectivity index (χ0) is 15.4. The Kier molecular flexibility index (Phi) is 4.02. The SMILES string of the molecule is Nc1csc(NN=Cc2ccc(-c3ccccc3O)cc2)n1. The van der Waals surface area contributed by atoms with Gasteiger partial charge >= 0.3 is 0 Å². The van der Waals surface area contributed by atoms with Gasteiger partial charge in [0.25, 0.3) is 0 Å². The number of aromatic nitrogens is 1. The molecule has 0 saturated carbocycles. The van der Waals surface area contributed by atoms with Gasteiger partial charge < -0.3 is 10.8 Å². The molecule has 0 fully saturated rings. The Labute approximate surface area is 131 Å². The number of rotatable bonds is 4. The molecule has 110 valence electrons. The fraction of sp³-hybridized carbons (Fsp3) is 0. The van der Waals surface area contributed by atoms with E-state index in [-0.39, 0.29) is 5.75 Å². The first-order valence-corrected chi connectivity index (χ1v) is 7.49. The molecule has 0 amide bonds. The number of aromatic hydroxyl groups is 1. The first-order valence-electron chi connectivity index (χ1n) is 6.61. The maximum atomic E-state index is 9.85. The Morgan fingerprint density at radius 1 is 1.14 bits per heavy atom. The van der Waals surface area contributed by atoms with Gasteiger partial charge in [0.2, 0.25) is 5.13 Å². The number of thiazole rings is 1. The summed E-state index contributed by atoms with van der Waals surface area (Å²) < 4.78 is 0.